The molecule has 0 bridgehead atoms. The lowest BCUT2D eigenvalue weighted by Gasteiger charge is -2.20. The molecule has 1 fully saturated rings. The van der Waals surface area contributed by atoms with Crippen molar-refractivity contribution in [2.24, 2.45) is 5.92 Å². The minimum atomic E-state index is -0.497. The van der Waals surface area contributed by atoms with Gasteiger partial charge in [-0.25, -0.2) is 4.39 Å². The average molecular weight is 294 g/mol. The summed E-state index contributed by atoms with van der Waals surface area (Å²) in [6, 6.07) is 4.36. The third-order valence-electron chi connectivity index (χ3n) is 3.95. The number of carbonyl (C=O) groups is 1. The normalized spacial score (nSPS) is 19.2. The summed E-state index contributed by atoms with van der Waals surface area (Å²) in [7, 11) is 5.47. The molecular formula is C16H23FN2O2. The summed E-state index contributed by atoms with van der Waals surface area (Å²) in [5.74, 6) is 0.211. The lowest BCUT2D eigenvalue weighted by Crippen LogP contribution is -2.32. The fourth-order valence-electron chi connectivity index (χ4n) is 2.86. The Morgan fingerprint density at radius 2 is 2.29 bits per heavy atom. The van der Waals surface area contributed by atoms with E-state index < -0.39 is 5.82 Å². The third-order valence-corrected chi connectivity index (χ3v) is 3.95. The Hall–Kier alpha value is -1.46. The molecule has 21 heavy (non-hydrogen) atoms. The van der Waals surface area contributed by atoms with Crippen molar-refractivity contribution in [1.82, 2.24) is 9.80 Å². The topological polar surface area (TPSA) is 32.8 Å². The number of rotatable bonds is 6. The maximum Gasteiger partial charge on any atom is 0.176 e. The van der Waals surface area contributed by atoms with Gasteiger partial charge in [-0.15, -0.1) is 0 Å². The summed E-state index contributed by atoms with van der Waals surface area (Å²) >= 11 is 0. The van der Waals surface area contributed by atoms with E-state index in [1.165, 1.54) is 25.7 Å². The Labute approximate surface area is 125 Å². The minimum absolute atomic E-state index is 0.0644. The molecule has 0 aliphatic carbocycles. The first-order valence-electron chi connectivity index (χ1n) is 7.23. The van der Waals surface area contributed by atoms with Crippen LogP contribution in [0, 0.1) is 11.7 Å². The van der Waals surface area contributed by atoms with Gasteiger partial charge in [-0.1, -0.05) is 0 Å². The fraction of sp³-hybridized carbons (Fsp3) is 0.562. The standard InChI is InChI=1S/C16H23FN2O2/c1-18-7-6-12(9-18)10-19(2)11-15(20)13-4-5-16(21-3)14(17)8-13/h4-5,8,12H,6-7,9-11H2,1-3H3. The Morgan fingerprint density at radius 3 is 2.86 bits per heavy atom. The number of likely N-dealkylation sites (tertiary alicyclic amines) is 1. The van der Waals surface area contributed by atoms with Crippen molar-refractivity contribution < 1.29 is 13.9 Å². The van der Waals surface area contributed by atoms with Gasteiger partial charge in [-0.05, 0) is 51.2 Å². The molecule has 0 amide bonds. The van der Waals surface area contributed by atoms with Crippen LogP contribution in [0.15, 0.2) is 18.2 Å². The summed E-state index contributed by atoms with van der Waals surface area (Å²) < 4.78 is 18.5. The molecule has 1 aromatic carbocycles. The first-order valence-corrected chi connectivity index (χ1v) is 7.23. The van der Waals surface area contributed by atoms with Crippen LogP contribution in [0.4, 0.5) is 4.39 Å². The maximum absolute atomic E-state index is 13.6. The van der Waals surface area contributed by atoms with Crippen molar-refractivity contribution in [3.8, 4) is 5.75 Å². The van der Waals surface area contributed by atoms with E-state index in [4.69, 9.17) is 4.74 Å². The molecule has 1 aromatic rings. The van der Waals surface area contributed by atoms with Gasteiger partial charge in [0, 0.05) is 18.7 Å². The van der Waals surface area contributed by atoms with E-state index in [0.717, 1.165) is 19.6 Å². The van der Waals surface area contributed by atoms with Crippen LogP contribution < -0.4 is 4.74 Å². The number of likely N-dealkylation sites (N-methyl/N-ethyl adjacent to an activating group) is 1. The minimum Gasteiger partial charge on any atom is -0.494 e. The Balaban J connectivity index is 1.90. The van der Waals surface area contributed by atoms with Gasteiger partial charge in [0.2, 0.25) is 0 Å². The molecule has 2 rings (SSSR count). The molecule has 1 heterocycles. The number of nitrogens with zero attached hydrogens (tertiary/aromatic N) is 2. The fourth-order valence-corrected chi connectivity index (χ4v) is 2.86. The molecule has 1 aliphatic rings. The van der Waals surface area contributed by atoms with E-state index in [2.05, 4.69) is 11.9 Å². The number of ether oxygens (including phenoxy) is 1. The van der Waals surface area contributed by atoms with E-state index in [0.29, 0.717) is 18.0 Å². The second kappa shape index (κ2) is 7.00. The van der Waals surface area contributed by atoms with E-state index in [9.17, 15) is 9.18 Å². The predicted octanol–water partition coefficient (Wildman–Crippen LogP) is 1.90. The number of hydrogen-bond acceptors (Lipinski definition) is 4. The van der Waals surface area contributed by atoms with Crippen molar-refractivity contribution in [2.75, 3.05) is 47.4 Å². The third kappa shape index (κ3) is 4.25. The summed E-state index contributed by atoms with van der Waals surface area (Å²) in [5.41, 5.74) is 0.392. The molecule has 0 spiro atoms. The number of hydrogen-bond donors (Lipinski definition) is 0. The van der Waals surface area contributed by atoms with E-state index >= 15 is 0 Å². The Morgan fingerprint density at radius 1 is 1.52 bits per heavy atom. The van der Waals surface area contributed by atoms with Crippen molar-refractivity contribution in [2.45, 2.75) is 6.42 Å². The molecule has 1 saturated heterocycles. The number of halogens is 1. The highest BCUT2D eigenvalue weighted by atomic mass is 19.1. The lowest BCUT2D eigenvalue weighted by molar-refractivity contribution is 0.0938. The quantitative estimate of drug-likeness (QED) is 0.750. The molecule has 116 valence electrons. The van der Waals surface area contributed by atoms with Gasteiger partial charge in [0.05, 0.1) is 13.7 Å². The molecular weight excluding hydrogens is 271 g/mol. The number of methoxy groups -OCH3 is 1. The Kier molecular flexibility index (Phi) is 5.31. The summed E-state index contributed by atoms with van der Waals surface area (Å²) in [6.45, 7) is 3.41. The Bertz CT molecular complexity index is 507. The van der Waals surface area contributed by atoms with Crippen LogP contribution in [-0.2, 0) is 0 Å². The van der Waals surface area contributed by atoms with E-state index in [1.807, 2.05) is 11.9 Å². The second-order valence-corrected chi connectivity index (χ2v) is 5.89. The van der Waals surface area contributed by atoms with Crippen LogP contribution in [-0.4, -0.2) is 63.0 Å². The average Bonchev–Trinajstić information content (AvgIpc) is 2.83. The van der Waals surface area contributed by atoms with Gasteiger partial charge in [-0.2, -0.15) is 0 Å². The largest absolute Gasteiger partial charge is 0.494 e. The number of carbonyl (C=O) groups excluding carboxylic acids is 1. The number of ketones is 1. The van der Waals surface area contributed by atoms with Crippen molar-refractivity contribution >= 4 is 5.78 Å². The van der Waals surface area contributed by atoms with Crippen LogP contribution in [0.5, 0.6) is 5.75 Å². The van der Waals surface area contributed by atoms with Crippen molar-refractivity contribution in [1.29, 1.82) is 0 Å². The maximum atomic E-state index is 13.6. The molecule has 4 nitrogen and oxygen atoms in total. The first-order chi connectivity index (χ1) is 9.99. The summed E-state index contributed by atoms with van der Waals surface area (Å²) in [5, 5.41) is 0. The van der Waals surface area contributed by atoms with Gasteiger partial charge in [-0.3, -0.25) is 9.69 Å². The molecule has 0 aromatic heterocycles. The van der Waals surface area contributed by atoms with Crippen LogP contribution in [0.2, 0.25) is 0 Å². The molecule has 0 saturated carbocycles. The highest BCUT2D eigenvalue weighted by molar-refractivity contribution is 5.97. The number of Topliss-reactive ketones (excluding diaryl/α,β-unsaturated/α-hetero) is 1. The molecule has 0 radical (unpaired) electrons. The van der Waals surface area contributed by atoms with Crippen molar-refractivity contribution in [3.05, 3.63) is 29.6 Å². The first kappa shape index (κ1) is 15.9. The lowest BCUT2D eigenvalue weighted by atomic mass is 10.1. The van der Waals surface area contributed by atoms with Gasteiger partial charge in [0.15, 0.2) is 17.3 Å². The molecule has 0 N–H and O–H groups in total. The zero-order valence-corrected chi connectivity index (χ0v) is 12.9. The molecule has 1 unspecified atom stereocenters. The zero-order valence-electron chi connectivity index (χ0n) is 12.9. The smallest absolute Gasteiger partial charge is 0.176 e. The zero-order chi connectivity index (χ0) is 15.4. The van der Waals surface area contributed by atoms with E-state index in [-0.39, 0.29) is 11.5 Å². The van der Waals surface area contributed by atoms with Crippen molar-refractivity contribution in [3.63, 3.8) is 0 Å². The number of benzene rings is 1. The predicted molar refractivity (Wildman–Crippen MR) is 80.4 cm³/mol. The van der Waals surface area contributed by atoms with E-state index in [1.54, 1.807) is 6.07 Å². The van der Waals surface area contributed by atoms with Gasteiger partial charge in [0.25, 0.3) is 0 Å². The molecule has 1 atom stereocenters. The van der Waals surface area contributed by atoms with Crippen LogP contribution in [0.1, 0.15) is 16.8 Å². The highest BCUT2D eigenvalue weighted by Gasteiger charge is 2.21. The molecule has 1 aliphatic heterocycles. The molecule has 5 heteroatoms. The van der Waals surface area contributed by atoms with Gasteiger partial charge in [0.1, 0.15) is 0 Å². The monoisotopic (exact) mass is 294 g/mol. The van der Waals surface area contributed by atoms with Crippen LogP contribution in [0.3, 0.4) is 0 Å². The van der Waals surface area contributed by atoms with Gasteiger partial charge >= 0.3 is 0 Å². The summed E-state index contributed by atoms with van der Waals surface area (Å²) in [4.78, 5) is 16.5. The summed E-state index contributed by atoms with van der Waals surface area (Å²) in [6.07, 6.45) is 1.17. The highest BCUT2D eigenvalue weighted by Crippen LogP contribution is 2.19. The van der Waals surface area contributed by atoms with Gasteiger partial charge < -0.3 is 9.64 Å². The van der Waals surface area contributed by atoms with Crippen LogP contribution >= 0.6 is 0 Å². The van der Waals surface area contributed by atoms with Crippen LogP contribution in [0.25, 0.3) is 0 Å². The second-order valence-electron chi connectivity index (χ2n) is 5.89. The SMILES string of the molecule is COc1ccc(C(=O)CN(C)CC2CCN(C)C2)cc1F.